The zero-order valence-electron chi connectivity index (χ0n) is 9.95. The van der Waals surface area contributed by atoms with Crippen LogP contribution in [-0.4, -0.2) is 33.0 Å². The van der Waals surface area contributed by atoms with Crippen molar-refractivity contribution in [2.75, 3.05) is 38.3 Å². The molecule has 90 valence electrons. The summed E-state index contributed by atoms with van der Waals surface area (Å²) in [5.74, 6) is 0. The smallest absolute Gasteiger partial charge is 0.0701 e. The first-order valence-electron chi connectivity index (χ1n) is 5.88. The summed E-state index contributed by atoms with van der Waals surface area (Å²) in [7, 11) is 0. The van der Waals surface area contributed by atoms with Crippen molar-refractivity contribution in [2.45, 2.75) is 13.3 Å². The summed E-state index contributed by atoms with van der Waals surface area (Å²) in [5.41, 5.74) is 1.13. The van der Waals surface area contributed by atoms with Crippen molar-refractivity contribution in [3.8, 4) is 0 Å². The topological polar surface area (TPSA) is 30.5 Å². The minimum Gasteiger partial charge on any atom is -0.383 e. The maximum Gasteiger partial charge on any atom is 0.0701 e. The Morgan fingerprint density at radius 3 is 2.31 bits per heavy atom. The van der Waals surface area contributed by atoms with E-state index in [-0.39, 0.29) is 0 Å². The van der Waals surface area contributed by atoms with E-state index in [2.05, 4.69) is 12.2 Å². The van der Waals surface area contributed by atoms with Gasteiger partial charge >= 0.3 is 0 Å². The van der Waals surface area contributed by atoms with Gasteiger partial charge in [0.15, 0.2) is 0 Å². The lowest BCUT2D eigenvalue weighted by atomic mass is 10.3. The fraction of sp³-hybridized carbons (Fsp3) is 0.538. The van der Waals surface area contributed by atoms with Gasteiger partial charge in [0.1, 0.15) is 0 Å². The van der Waals surface area contributed by atoms with Crippen LogP contribution in [0.1, 0.15) is 13.3 Å². The van der Waals surface area contributed by atoms with Gasteiger partial charge in [-0.3, -0.25) is 0 Å². The number of anilines is 1. The van der Waals surface area contributed by atoms with Crippen molar-refractivity contribution in [1.82, 2.24) is 0 Å². The first kappa shape index (κ1) is 13.0. The summed E-state index contributed by atoms with van der Waals surface area (Å²) < 4.78 is 10.7. The van der Waals surface area contributed by atoms with E-state index in [4.69, 9.17) is 9.47 Å². The second kappa shape index (κ2) is 9.19. The molecule has 0 aliphatic rings. The lowest BCUT2D eigenvalue weighted by Crippen LogP contribution is -2.12. The maximum atomic E-state index is 5.41. The summed E-state index contributed by atoms with van der Waals surface area (Å²) in [6.45, 7) is 5.84. The van der Waals surface area contributed by atoms with Crippen LogP contribution in [0.25, 0.3) is 0 Å². The van der Waals surface area contributed by atoms with Crippen molar-refractivity contribution in [2.24, 2.45) is 0 Å². The van der Waals surface area contributed by atoms with Gasteiger partial charge in [0.2, 0.25) is 0 Å². The van der Waals surface area contributed by atoms with Crippen molar-refractivity contribution in [1.29, 1.82) is 0 Å². The Hall–Kier alpha value is -1.06. The molecule has 1 aromatic rings. The minimum atomic E-state index is 0.677. The highest BCUT2D eigenvalue weighted by atomic mass is 16.5. The maximum absolute atomic E-state index is 5.41. The monoisotopic (exact) mass is 223 g/mol. The predicted octanol–water partition coefficient (Wildman–Crippen LogP) is 2.54. The average Bonchev–Trinajstić information content (AvgIpc) is 2.34. The molecule has 3 nitrogen and oxygen atoms in total. The molecule has 0 aliphatic heterocycles. The van der Waals surface area contributed by atoms with Gasteiger partial charge in [-0.1, -0.05) is 25.1 Å². The second-order valence-corrected chi connectivity index (χ2v) is 3.52. The van der Waals surface area contributed by atoms with Gasteiger partial charge in [-0.15, -0.1) is 0 Å². The molecule has 0 saturated heterocycles. The molecule has 0 saturated carbocycles. The van der Waals surface area contributed by atoms with Crippen LogP contribution in [0.3, 0.4) is 0 Å². The molecule has 0 heterocycles. The molecule has 1 rings (SSSR count). The van der Waals surface area contributed by atoms with Crippen molar-refractivity contribution in [3.63, 3.8) is 0 Å². The van der Waals surface area contributed by atoms with Gasteiger partial charge in [-0.05, 0) is 18.6 Å². The average molecular weight is 223 g/mol. The molecule has 0 fully saturated rings. The van der Waals surface area contributed by atoms with Crippen LogP contribution >= 0.6 is 0 Å². The van der Waals surface area contributed by atoms with E-state index >= 15 is 0 Å². The highest BCUT2D eigenvalue weighted by molar-refractivity contribution is 5.42. The predicted molar refractivity (Wildman–Crippen MR) is 66.9 cm³/mol. The quantitative estimate of drug-likeness (QED) is 0.653. The summed E-state index contributed by atoms with van der Waals surface area (Å²) >= 11 is 0. The summed E-state index contributed by atoms with van der Waals surface area (Å²) in [4.78, 5) is 0. The highest BCUT2D eigenvalue weighted by Gasteiger charge is 1.91. The Kier molecular flexibility index (Phi) is 7.47. The number of rotatable bonds is 9. The summed E-state index contributed by atoms with van der Waals surface area (Å²) in [5, 5.41) is 3.28. The zero-order chi connectivity index (χ0) is 11.5. The van der Waals surface area contributed by atoms with Crippen LogP contribution < -0.4 is 5.32 Å². The molecule has 0 radical (unpaired) electrons. The molecule has 0 amide bonds. The summed E-state index contributed by atoms with van der Waals surface area (Å²) in [6.07, 6.45) is 1.07. The molecule has 0 spiro atoms. The normalized spacial score (nSPS) is 10.3. The Labute approximate surface area is 97.8 Å². The van der Waals surface area contributed by atoms with E-state index in [1.807, 2.05) is 30.3 Å². The Bertz CT molecular complexity index is 251. The molecule has 3 heteroatoms. The first-order valence-corrected chi connectivity index (χ1v) is 5.88. The molecule has 0 atom stereocenters. The molecule has 0 aromatic heterocycles. The van der Waals surface area contributed by atoms with Crippen LogP contribution in [0.2, 0.25) is 0 Å². The third-order valence-electron chi connectivity index (χ3n) is 2.07. The number of benzene rings is 1. The third kappa shape index (κ3) is 6.43. The Balaban J connectivity index is 1.89. The third-order valence-corrected chi connectivity index (χ3v) is 2.07. The minimum absolute atomic E-state index is 0.677. The molecule has 0 bridgehead atoms. The van der Waals surface area contributed by atoms with Crippen LogP contribution in [0.5, 0.6) is 0 Å². The summed E-state index contributed by atoms with van der Waals surface area (Å²) in [6, 6.07) is 10.1. The Morgan fingerprint density at radius 2 is 1.62 bits per heavy atom. The molecular formula is C13H21NO2. The van der Waals surface area contributed by atoms with Gasteiger partial charge in [0, 0.05) is 18.8 Å². The molecule has 16 heavy (non-hydrogen) atoms. The van der Waals surface area contributed by atoms with E-state index in [0.717, 1.165) is 25.3 Å². The molecule has 0 unspecified atom stereocenters. The van der Waals surface area contributed by atoms with Crippen LogP contribution in [0.4, 0.5) is 5.69 Å². The molecule has 0 aliphatic carbocycles. The van der Waals surface area contributed by atoms with Crippen molar-refractivity contribution >= 4 is 5.69 Å². The zero-order valence-corrected chi connectivity index (χ0v) is 9.95. The van der Waals surface area contributed by atoms with Gasteiger partial charge in [0.05, 0.1) is 19.8 Å². The fourth-order valence-corrected chi connectivity index (χ4v) is 1.29. The van der Waals surface area contributed by atoms with E-state index in [1.54, 1.807) is 0 Å². The van der Waals surface area contributed by atoms with Crippen molar-refractivity contribution < 1.29 is 9.47 Å². The second-order valence-electron chi connectivity index (χ2n) is 3.52. The highest BCUT2D eigenvalue weighted by Crippen LogP contribution is 2.03. The lowest BCUT2D eigenvalue weighted by Gasteiger charge is -2.07. The van der Waals surface area contributed by atoms with Crippen molar-refractivity contribution in [3.05, 3.63) is 30.3 Å². The van der Waals surface area contributed by atoms with Crippen LogP contribution in [0.15, 0.2) is 30.3 Å². The molecule has 1 N–H and O–H groups in total. The lowest BCUT2D eigenvalue weighted by molar-refractivity contribution is 0.0519. The van der Waals surface area contributed by atoms with Crippen LogP contribution in [0, 0.1) is 0 Å². The standard InChI is InChI=1S/C13H21NO2/c1-2-9-15-11-12-16-10-8-14-13-6-4-3-5-7-13/h3-7,14H,2,8-12H2,1H3. The van der Waals surface area contributed by atoms with Gasteiger partial charge in [-0.2, -0.15) is 0 Å². The Morgan fingerprint density at radius 1 is 0.938 bits per heavy atom. The first-order chi connectivity index (χ1) is 7.93. The van der Waals surface area contributed by atoms with Gasteiger partial charge < -0.3 is 14.8 Å². The molecule has 1 aromatic carbocycles. The van der Waals surface area contributed by atoms with Gasteiger partial charge in [-0.25, -0.2) is 0 Å². The number of hydrogen-bond acceptors (Lipinski definition) is 3. The number of nitrogens with one attached hydrogen (secondary N) is 1. The van der Waals surface area contributed by atoms with E-state index < -0.39 is 0 Å². The number of ether oxygens (including phenoxy) is 2. The van der Waals surface area contributed by atoms with Gasteiger partial charge in [0.25, 0.3) is 0 Å². The largest absolute Gasteiger partial charge is 0.383 e. The van der Waals surface area contributed by atoms with E-state index in [9.17, 15) is 0 Å². The number of para-hydroxylation sites is 1. The fourth-order valence-electron chi connectivity index (χ4n) is 1.29. The SMILES string of the molecule is CCCOCCOCCNc1ccccc1. The molecular weight excluding hydrogens is 202 g/mol. The van der Waals surface area contributed by atoms with E-state index in [0.29, 0.717) is 19.8 Å². The van der Waals surface area contributed by atoms with Crippen LogP contribution in [-0.2, 0) is 9.47 Å². The van der Waals surface area contributed by atoms with E-state index in [1.165, 1.54) is 0 Å². The number of hydrogen-bond donors (Lipinski definition) is 1.